The van der Waals surface area contributed by atoms with Crippen LogP contribution in [0.5, 0.6) is 11.5 Å². The second kappa shape index (κ2) is 8.29. The Kier molecular flexibility index (Phi) is 6.10. The van der Waals surface area contributed by atoms with E-state index in [0.717, 1.165) is 23.4 Å². The van der Waals surface area contributed by atoms with Gasteiger partial charge in [0.1, 0.15) is 11.5 Å². The van der Waals surface area contributed by atoms with Gasteiger partial charge in [-0.2, -0.15) is 5.10 Å². The molecule has 0 bridgehead atoms. The molecule has 2 aromatic carbocycles. The smallest absolute Gasteiger partial charge is 0.137 e. The van der Waals surface area contributed by atoms with Gasteiger partial charge >= 0.3 is 0 Å². The van der Waals surface area contributed by atoms with E-state index in [-0.39, 0.29) is 0 Å². The van der Waals surface area contributed by atoms with Crippen LogP contribution in [-0.4, -0.2) is 19.9 Å². The number of nitrogens with one attached hydrogen (secondary N) is 1. The molecule has 0 aliphatic heterocycles. The average Bonchev–Trinajstić information content (AvgIpc) is 2.55. The molecule has 0 aromatic heterocycles. The summed E-state index contributed by atoms with van der Waals surface area (Å²) >= 11 is 6.17. The van der Waals surface area contributed by atoms with Crippen molar-refractivity contribution in [2.24, 2.45) is 5.10 Å². The van der Waals surface area contributed by atoms with Gasteiger partial charge in [0, 0.05) is 0 Å². The third kappa shape index (κ3) is 4.67. The topological polar surface area (TPSA) is 42.8 Å². The molecule has 0 amide bonds. The van der Waals surface area contributed by atoms with Crippen LogP contribution in [0, 0.1) is 0 Å². The fourth-order valence-corrected chi connectivity index (χ4v) is 2.02. The molecule has 0 fully saturated rings. The van der Waals surface area contributed by atoms with Crippen LogP contribution in [-0.2, 0) is 0 Å². The predicted octanol–water partition coefficient (Wildman–Crippen LogP) is 4.58. The van der Waals surface area contributed by atoms with Crippen molar-refractivity contribution in [3.63, 3.8) is 0 Å². The SMILES string of the molecule is CCCOc1ccc(/C=N/Nc2ccc(OC)cc2)cc1Cl. The van der Waals surface area contributed by atoms with Crippen molar-refractivity contribution in [3.05, 3.63) is 53.1 Å². The fourth-order valence-electron chi connectivity index (χ4n) is 1.77. The number of halogens is 1. The summed E-state index contributed by atoms with van der Waals surface area (Å²) in [6.45, 7) is 2.71. The van der Waals surface area contributed by atoms with Crippen molar-refractivity contribution in [2.45, 2.75) is 13.3 Å². The highest BCUT2D eigenvalue weighted by Gasteiger charge is 2.01. The van der Waals surface area contributed by atoms with Gasteiger partial charge in [-0.1, -0.05) is 18.5 Å². The number of hydrazone groups is 1. The first-order valence-corrected chi connectivity index (χ1v) is 7.46. The van der Waals surface area contributed by atoms with Gasteiger partial charge in [0.2, 0.25) is 0 Å². The summed E-state index contributed by atoms with van der Waals surface area (Å²) in [6.07, 6.45) is 2.66. The maximum Gasteiger partial charge on any atom is 0.137 e. The normalized spacial score (nSPS) is 10.7. The monoisotopic (exact) mass is 318 g/mol. The van der Waals surface area contributed by atoms with Gasteiger partial charge in [-0.05, 0) is 54.4 Å². The molecular weight excluding hydrogens is 300 g/mol. The second-order valence-electron chi connectivity index (χ2n) is 4.64. The first-order valence-electron chi connectivity index (χ1n) is 7.08. The minimum atomic E-state index is 0.585. The lowest BCUT2D eigenvalue weighted by Crippen LogP contribution is -1.96. The molecule has 5 heteroatoms. The van der Waals surface area contributed by atoms with E-state index in [2.05, 4.69) is 17.5 Å². The Labute approximate surface area is 135 Å². The quantitative estimate of drug-likeness (QED) is 0.600. The maximum absolute atomic E-state index is 6.17. The van der Waals surface area contributed by atoms with Crippen molar-refractivity contribution >= 4 is 23.5 Å². The second-order valence-corrected chi connectivity index (χ2v) is 5.04. The fraction of sp³-hybridized carbons (Fsp3) is 0.235. The highest BCUT2D eigenvalue weighted by atomic mass is 35.5. The average molecular weight is 319 g/mol. The summed E-state index contributed by atoms with van der Waals surface area (Å²) in [5.74, 6) is 1.51. The Morgan fingerprint density at radius 1 is 1.18 bits per heavy atom. The van der Waals surface area contributed by atoms with E-state index in [1.807, 2.05) is 42.5 Å². The van der Waals surface area contributed by atoms with Crippen molar-refractivity contribution in [1.82, 2.24) is 0 Å². The number of nitrogens with zero attached hydrogens (tertiary/aromatic N) is 1. The van der Waals surface area contributed by atoms with E-state index in [0.29, 0.717) is 17.4 Å². The Morgan fingerprint density at radius 3 is 2.59 bits per heavy atom. The molecule has 0 saturated heterocycles. The van der Waals surface area contributed by atoms with E-state index in [9.17, 15) is 0 Å². The van der Waals surface area contributed by atoms with E-state index >= 15 is 0 Å². The van der Waals surface area contributed by atoms with E-state index in [4.69, 9.17) is 21.1 Å². The zero-order valence-corrected chi connectivity index (χ0v) is 13.4. The Balaban J connectivity index is 1.96. The molecule has 0 heterocycles. The molecular formula is C17H19ClN2O2. The minimum absolute atomic E-state index is 0.585. The van der Waals surface area contributed by atoms with Crippen LogP contribution in [0.25, 0.3) is 0 Å². The lowest BCUT2D eigenvalue weighted by molar-refractivity contribution is 0.317. The standard InChI is InChI=1S/C17H19ClN2O2/c1-3-10-22-17-9-4-13(11-16(17)18)12-19-20-14-5-7-15(21-2)8-6-14/h4-9,11-12,20H,3,10H2,1-2H3/b19-12+. The van der Waals surface area contributed by atoms with Crippen LogP contribution >= 0.6 is 11.6 Å². The first-order chi connectivity index (χ1) is 10.7. The van der Waals surface area contributed by atoms with Crippen LogP contribution in [0.15, 0.2) is 47.6 Å². The number of rotatable bonds is 7. The number of hydrogen-bond acceptors (Lipinski definition) is 4. The van der Waals surface area contributed by atoms with Gasteiger partial charge in [-0.3, -0.25) is 5.43 Å². The van der Waals surface area contributed by atoms with E-state index < -0.39 is 0 Å². The van der Waals surface area contributed by atoms with Gasteiger partial charge in [0.25, 0.3) is 0 Å². The molecule has 0 saturated carbocycles. The minimum Gasteiger partial charge on any atom is -0.497 e. The Bertz CT molecular complexity index is 627. The highest BCUT2D eigenvalue weighted by Crippen LogP contribution is 2.25. The van der Waals surface area contributed by atoms with Crippen LogP contribution < -0.4 is 14.9 Å². The first kappa shape index (κ1) is 16.2. The Morgan fingerprint density at radius 2 is 1.95 bits per heavy atom. The molecule has 0 atom stereocenters. The van der Waals surface area contributed by atoms with Crippen LogP contribution in [0.3, 0.4) is 0 Å². The molecule has 4 nitrogen and oxygen atoms in total. The number of benzene rings is 2. The lowest BCUT2D eigenvalue weighted by atomic mass is 10.2. The molecule has 22 heavy (non-hydrogen) atoms. The number of methoxy groups -OCH3 is 1. The number of hydrogen-bond donors (Lipinski definition) is 1. The lowest BCUT2D eigenvalue weighted by Gasteiger charge is -2.07. The molecule has 0 spiro atoms. The largest absolute Gasteiger partial charge is 0.497 e. The summed E-state index contributed by atoms with van der Waals surface area (Å²) in [5.41, 5.74) is 4.73. The highest BCUT2D eigenvalue weighted by molar-refractivity contribution is 6.32. The number of ether oxygens (including phenoxy) is 2. The molecule has 116 valence electrons. The third-order valence-electron chi connectivity index (χ3n) is 2.91. The van der Waals surface area contributed by atoms with Crippen molar-refractivity contribution in [1.29, 1.82) is 0 Å². The summed E-state index contributed by atoms with van der Waals surface area (Å²) in [4.78, 5) is 0. The van der Waals surface area contributed by atoms with Gasteiger partial charge in [0.05, 0.1) is 30.6 Å². The maximum atomic E-state index is 6.17. The zero-order valence-electron chi connectivity index (χ0n) is 12.7. The van der Waals surface area contributed by atoms with Gasteiger partial charge < -0.3 is 9.47 Å². The van der Waals surface area contributed by atoms with Gasteiger partial charge in [0.15, 0.2) is 0 Å². The van der Waals surface area contributed by atoms with Crippen molar-refractivity contribution < 1.29 is 9.47 Å². The van der Waals surface area contributed by atoms with Crippen LogP contribution in [0.2, 0.25) is 5.02 Å². The van der Waals surface area contributed by atoms with E-state index in [1.165, 1.54) is 0 Å². The van der Waals surface area contributed by atoms with Gasteiger partial charge in [-0.25, -0.2) is 0 Å². The van der Waals surface area contributed by atoms with Crippen molar-refractivity contribution in [2.75, 3.05) is 19.1 Å². The summed E-state index contributed by atoms with van der Waals surface area (Å²) in [5, 5.41) is 4.77. The Hall–Kier alpha value is -2.20. The van der Waals surface area contributed by atoms with Gasteiger partial charge in [-0.15, -0.1) is 0 Å². The molecule has 2 aromatic rings. The molecule has 0 radical (unpaired) electrons. The third-order valence-corrected chi connectivity index (χ3v) is 3.21. The zero-order chi connectivity index (χ0) is 15.8. The van der Waals surface area contributed by atoms with Crippen LogP contribution in [0.1, 0.15) is 18.9 Å². The molecule has 2 rings (SSSR count). The predicted molar refractivity (Wildman–Crippen MR) is 91.4 cm³/mol. The van der Waals surface area contributed by atoms with Crippen LogP contribution in [0.4, 0.5) is 5.69 Å². The molecule has 1 N–H and O–H groups in total. The van der Waals surface area contributed by atoms with Crippen molar-refractivity contribution in [3.8, 4) is 11.5 Å². The summed E-state index contributed by atoms with van der Waals surface area (Å²) in [7, 11) is 1.64. The molecule has 0 unspecified atom stereocenters. The molecule has 0 aliphatic rings. The summed E-state index contributed by atoms with van der Waals surface area (Å²) in [6, 6.07) is 13.1. The number of anilines is 1. The van der Waals surface area contributed by atoms with E-state index in [1.54, 1.807) is 13.3 Å². The summed E-state index contributed by atoms with van der Waals surface area (Å²) < 4.78 is 10.6. The molecule has 0 aliphatic carbocycles.